The molecule has 1 atom stereocenters. The molecule has 1 N–H and O–H groups in total. The van der Waals surface area contributed by atoms with Crippen LogP contribution < -0.4 is 5.32 Å². The summed E-state index contributed by atoms with van der Waals surface area (Å²) in [6, 6.07) is 4.14. The van der Waals surface area contributed by atoms with Gasteiger partial charge in [0.1, 0.15) is 6.10 Å². The number of benzene rings is 1. The van der Waals surface area contributed by atoms with Gasteiger partial charge in [-0.2, -0.15) is 0 Å². The van der Waals surface area contributed by atoms with E-state index in [0.29, 0.717) is 6.42 Å². The highest BCUT2D eigenvalue weighted by atomic mass is 35.5. The molecule has 2 aliphatic rings. The fourth-order valence-electron chi connectivity index (χ4n) is 2.74. The number of nitrogens with one attached hydrogen (secondary N) is 1. The number of thioether (sulfide) groups is 1. The Kier molecular flexibility index (Phi) is 4.54. The number of carbonyl (C=O) groups excluding carboxylic acids is 1. The summed E-state index contributed by atoms with van der Waals surface area (Å²) >= 11 is 8.11. The minimum Gasteiger partial charge on any atom is -0.461 e. The molecule has 0 bridgehead atoms. The number of hydrogen-bond donors (Lipinski definition) is 1. The van der Waals surface area contributed by atoms with E-state index in [4.69, 9.17) is 16.3 Å². The quantitative estimate of drug-likeness (QED) is 0.688. The van der Waals surface area contributed by atoms with Crippen molar-refractivity contribution in [3.05, 3.63) is 28.3 Å². The summed E-state index contributed by atoms with van der Waals surface area (Å²) in [5.74, 6) is 0.729. The fourth-order valence-corrected chi connectivity index (χ4v) is 4.28. The van der Waals surface area contributed by atoms with Crippen molar-refractivity contribution in [2.24, 2.45) is 0 Å². The zero-order chi connectivity index (χ0) is 13.9. The number of cyclic esters (lactones) is 1. The molecule has 0 aromatic heterocycles. The molecule has 3 rings (SSSR count). The first-order valence-electron chi connectivity index (χ1n) is 7.07. The molecule has 1 saturated heterocycles. The molecular formula is C15H18ClNO2S. The Labute approximate surface area is 128 Å². The van der Waals surface area contributed by atoms with Crippen molar-refractivity contribution in [2.75, 3.05) is 18.8 Å². The van der Waals surface area contributed by atoms with E-state index in [1.165, 1.54) is 16.0 Å². The first-order valence-corrected chi connectivity index (χ1v) is 8.43. The van der Waals surface area contributed by atoms with Crippen LogP contribution in [0.4, 0.5) is 0 Å². The maximum absolute atomic E-state index is 11.1. The Morgan fingerprint density at radius 1 is 1.30 bits per heavy atom. The molecule has 0 aliphatic carbocycles. The number of halogens is 1. The summed E-state index contributed by atoms with van der Waals surface area (Å²) < 4.78 is 5.28. The normalized spacial score (nSPS) is 22.2. The Morgan fingerprint density at radius 2 is 2.15 bits per heavy atom. The van der Waals surface area contributed by atoms with Gasteiger partial charge in [0.25, 0.3) is 0 Å². The summed E-state index contributed by atoms with van der Waals surface area (Å²) in [6.07, 6.45) is 3.50. The third-order valence-electron chi connectivity index (χ3n) is 3.81. The van der Waals surface area contributed by atoms with E-state index in [1.807, 2.05) is 6.07 Å². The molecule has 1 aromatic carbocycles. The van der Waals surface area contributed by atoms with Gasteiger partial charge in [-0.15, -0.1) is 11.8 Å². The minimum atomic E-state index is -0.0715. The van der Waals surface area contributed by atoms with E-state index < -0.39 is 0 Å². The highest BCUT2D eigenvalue weighted by Crippen LogP contribution is 2.35. The van der Waals surface area contributed by atoms with Crippen molar-refractivity contribution in [2.45, 2.75) is 36.7 Å². The van der Waals surface area contributed by atoms with Gasteiger partial charge in [-0.05, 0) is 49.5 Å². The van der Waals surface area contributed by atoms with Gasteiger partial charge in [0.05, 0.1) is 5.02 Å². The van der Waals surface area contributed by atoms with Gasteiger partial charge in [0, 0.05) is 17.1 Å². The smallest absolute Gasteiger partial charge is 0.306 e. The number of hydrogen-bond acceptors (Lipinski definition) is 4. The van der Waals surface area contributed by atoms with Gasteiger partial charge in [0.2, 0.25) is 0 Å². The van der Waals surface area contributed by atoms with E-state index >= 15 is 0 Å². The second kappa shape index (κ2) is 6.37. The molecule has 2 heterocycles. The van der Waals surface area contributed by atoms with Crippen molar-refractivity contribution in [1.82, 2.24) is 5.32 Å². The molecule has 0 radical (unpaired) electrons. The molecule has 2 aliphatic heterocycles. The first-order chi connectivity index (χ1) is 9.74. The van der Waals surface area contributed by atoms with E-state index in [-0.39, 0.29) is 12.1 Å². The molecule has 5 heteroatoms. The van der Waals surface area contributed by atoms with Crippen LogP contribution in [0.25, 0.3) is 0 Å². The zero-order valence-electron chi connectivity index (χ0n) is 11.3. The Balaban J connectivity index is 1.76. The Morgan fingerprint density at radius 3 is 2.95 bits per heavy atom. The minimum absolute atomic E-state index is 0.0447. The van der Waals surface area contributed by atoms with E-state index in [1.54, 1.807) is 11.8 Å². The molecule has 1 fully saturated rings. The number of rotatable bonds is 3. The third kappa shape index (κ3) is 3.13. The number of fused-ring (bicyclic) bond motifs is 1. The predicted octanol–water partition coefficient (Wildman–Crippen LogP) is 2.83. The molecule has 0 unspecified atom stereocenters. The zero-order valence-corrected chi connectivity index (χ0v) is 12.9. The SMILES string of the molecule is O=C1CC[C@@H](CSc2c(Cl)ccc3c2CCNCC3)O1. The number of esters is 1. The Hall–Kier alpha value is -0.710. The lowest BCUT2D eigenvalue weighted by Crippen LogP contribution is -2.16. The van der Waals surface area contributed by atoms with Crippen molar-refractivity contribution in [3.8, 4) is 0 Å². The van der Waals surface area contributed by atoms with E-state index in [2.05, 4.69) is 11.4 Å². The monoisotopic (exact) mass is 311 g/mol. The summed E-state index contributed by atoms with van der Waals surface area (Å²) in [5.41, 5.74) is 2.77. The van der Waals surface area contributed by atoms with Crippen LogP contribution in [-0.2, 0) is 22.4 Å². The first kappa shape index (κ1) is 14.2. The van der Waals surface area contributed by atoms with Crippen molar-refractivity contribution >= 4 is 29.3 Å². The lowest BCUT2D eigenvalue weighted by Gasteiger charge is -2.15. The van der Waals surface area contributed by atoms with Crippen LogP contribution >= 0.6 is 23.4 Å². The van der Waals surface area contributed by atoms with Crippen LogP contribution in [0.3, 0.4) is 0 Å². The summed E-state index contributed by atoms with van der Waals surface area (Å²) in [6.45, 7) is 2.03. The second-order valence-electron chi connectivity index (χ2n) is 5.23. The van der Waals surface area contributed by atoms with Gasteiger partial charge >= 0.3 is 5.97 Å². The third-order valence-corrected chi connectivity index (χ3v) is 5.53. The molecule has 0 amide bonds. The van der Waals surface area contributed by atoms with Gasteiger partial charge in [-0.3, -0.25) is 4.79 Å². The van der Waals surface area contributed by atoms with E-state index in [0.717, 1.165) is 43.1 Å². The summed E-state index contributed by atoms with van der Waals surface area (Å²) in [5, 5.41) is 4.24. The van der Waals surface area contributed by atoms with Crippen LogP contribution in [0.15, 0.2) is 17.0 Å². The van der Waals surface area contributed by atoms with Crippen LogP contribution in [0.2, 0.25) is 5.02 Å². The predicted molar refractivity (Wildman–Crippen MR) is 81.6 cm³/mol. The molecule has 0 saturated carbocycles. The van der Waals surface area contributed by atoms with Crippen LogP contribution in [0.5, 0.6) is 0 Å². The van der Waals surface area contributed by atoms with Crippen LogP contribution in [0.1, 0.15) is 24.0 Å². The standard InChI is InChI=1S/C15H18ClNO2S/c16-13-3-1-10-5-7-17-8-6-12(10)15(13)20-9-11-2-4-14(18)19-11/h1,3,11,17H,2,4-9H2/t11-/m0/s1. The molecule has 3 nitrogen and oxygen atoms in total. The number of carbonyl (C=O) groups is 1. The lowest BCUT2D eigenvalue weighted by atomic mass is 10.0. The average Bonchev–Trinajstić information content (AvgIpc) is 2.71. The second-order valence-corrected chi connectivity index (χ2v) is 6.66. The van der Waals surface area contributed by atoms with Crippen LogP contribution in [-0.4, -0.2) is 30.9 Å². The highest BCUT2D eigenvalue weighted by Gasteiger charge is 2.24. The van der Waals surface area contributed by atoms with Gasteiger partial charge in [-0.25, -0.2) is 0 Å². The average molecular weight is 312 g/mol. The van der Waals surface area contributed by atoms with Crippen LogP contribution in [0, 0.1) is 0 Å². The summed E-state index contributed by atoms with van der Waals surface area (Å²) in [7, 11) is 0. The molecule has 1 aromatic rings. The Bertz CT molecular complexity index is 521. The molecular weight excluding hydrogens is 294 g/mol. The van der Waals surface area contributed by atoms with Gasteiger partial charge in [0.15, 0.2) is 0 Å². The van der Waals surface area contributed by atoms with Crippen molar-refractivity contribution in [1.29, 1.82) is 0 Å². The molecule has 0 spiro atoms. The fraction of sp³-hybridized carbons (Fsp3) is 0.533. The topological polar surface area (TPSA) is 38.3 Å². The van der Waals surface area contributed by atoms with Gasteiger partial charge < -0.3 is 10.1 Å². The van der Waals surface area contributed by atoms with Crippen molar-refractivity contribution in [3.63, 3.8) is 0 Å². The molecule has 20 heavy (non-hydrogen) atoms. The molecule has 108 valence electrons. The largest absolute Gasteiger partial charge is 0.461 e. The maximum Gasteiger partial charge on any atom is 0.306 e. The summed E-state index contributed by atoms with van der Waals surface area (Å²) in [4.78, 5) is 12.3. The maximum atomic E-state index is 11.1. The van der Waals surface area contributed by atoms with Gasteiger partial charge in [-0.1, -0.05) is 17.7 Å². The van der Waals surface area contributed by atoms with E-state index in [9.17, 15) is 4.79 Å². The van der Waals surface area contributed by atoms with Crippen molar-refractivity contribution < 1.29 is 9.53 Å². The highest BCUT2D eigenvalue weighted by molar-refractivity contribution is 7.99. The number of ether oxygens (including phenoxy) is 1. The lowest BCUT2D eigenvalue weighted by molar-refractivity contribution is -0.140.